The Kier molecular flexibility index (Phi) is 4.81. The van der Waals surface area contributed by atoms with Crippen LogP contribution in [-0.2, 0) is 7.05 Å². The second-order valence-electron chi connectivity index (χ2n) is 4.70. The third-order valence-electron chi connectivity index (χ3n) is 3.08. The minimum Gasteiger partial charge on any atom is -0.328 e. The zero-order valence-electron chi connectivity index (χ0n) is 11.8. The standard InChI is InChI=1S/C16H13BrN2OS2/c1-19-9-12(11-5-3-2-4-6-11)18-16(19)21-10-13(20)14-7-8-15(17)22-14/h2-9H,10H2,1H3. The van der Waals surface area contributed by atoms with Crippen molar-refractivity contribution in [3.05, 3.63) is 57.3 Å². The summed E-state index contributed by atoms with van der Waals surface area (Å²) < 4.78 is 2.94. The molecule has 112 valence electrons. The quantitative estimate of drug-likeness (QED) is 0.458. The highest BCUT2D eigenvalue weighted by Crippen LogP contribution is 2.26. The van der Waals surface area contributed by atoms with Crippen LogP contribution in [0.3, 0.4) is 0 Å². The Morgan fingerprint density at radius 3 is 2.73 bits per heavy atom. The third-order valence-corrected chi connectivity index (χ3v) is 5.79. The van der Waals surface area contributed by atoms with Gasteiger partial charge < -0.3 is 4.57 Å². The number of nitrogens with zero attached hydrogens (tertiary/aromatic N) is 2. The lowest BCUT2D eigenvalue weighted by Crippen LogP contribution is -2.01. The van der Waals surface area contributed by atoms with Crippen molar-refractivity contribution in [2.45, 2.75) is 5.16 Å². The summed E-state index contributed by atoms with van der Waals surface area (Å²) in [7, 11) is 1.95. The van der Waals surface area contributed by atoms with Crippen LogP contribution in [0.15, 0.2) is 57.6 Å². The van der Waals surface area contributed by atoms with Crippen molar-refractivity contribution >= 4 is 44.8 Å². The molecule has 3 nitrogen and oxygen atoms in total. The van der Waals surface area contributed by atoms with Crippen LogP contribution in [0.1, 0.15) is 9.67 Å². The van der Waals surface area contributed by atoms with E-state index in [0.29, 0.717) is 5.75 Å². The molecule has 0 aliphatic rings. The molecule has 2 heterocycles. The highest BCUT2D eigenvalue weighted by atomic mass is 79.9. The molecule has 3 aromatic rings. The van der Waals surface area contributed by atoms with E-state index in [-0.39, 0.29) is 5.78 Å². The van der Waals surface area contributed by atoms with Gasteiger partial charge in [-0.1, -0.05) is 42.1 Å². The second-order valence-corrected chi connectivity index (χ2v) is 8.11. The van der Waals surface area contributed by atoms with Gasteiger partial charge in [-0.25, -0.2) is 4.98 Å². The molecule has 1 aromatic carbocycles. The number of imidazole rings is 1. The number of thioether (sulfide) groups is 1. The fraction of sp³-hybridized carbons (Fsp3) is 0.125. The van der Waals surface area contributed by atoms with E-state index in [2.05, 4.69) is 20.9 Å². The number of benzene rings is 1. The van der Waals surface area contributed by atoms with Crippen LogP contribution in [0.4, 0.5) is 0 Å². The monoisotopic (exact) mass is 392 g/mol. The summed E-state index contributed by atoms with van der Waals surface area (Å²) in [5.41, 5.74) is 2.01. The van der Waals surface area contributed by atoms with Gasteiger partial charge in [-0.05, 0) is 28.1 Å². The Morgan fingerprint density at radius 2 is 2.05 bits per heavy atom. The van der Waals surface area contributed by atoms with Crippen molar-refractivity contribution in [2.24, 2.45) is 7.05 Å². The topological polar surface area (TPSA) is 34.9 Å². The molecule has 0 amide bonds. The molecular weight excluding hydrogens is 380 g/mol. The number of Topliss-reactive ketones (excluding diaryl/α,β-unsaturated/α-hetero) is 1. The lowest BCUT2D eigenvalue weighted by Gasteiger charge is -1.99. The van der Waals surface area contributed by atoms with E-state index in [1.54, 1.807) is 0 Å². The van der Waals surface area contributed by atoms with Gasteiger partial charge >= 0.3 is 0 Å². The van der Waals surface area contributed by atoms with Gasteiger partial charge in [-0.2, -0.15) is 0 Å². The van der Waals surface area contributed by atoms with Gasteiger partial charge in [0.25, 0.3) is 0 Å². The third kappa shape index (κ3) is 3.51. The van der Waals surface area contributed by atoms with Crippen molar-refractivity contribution in [1.29, 1.82) is 0 Å². The van der Waals surface area contributed by atoms with Gasteiger partial charge in [0.15, 0.2) is 10.9 Å². The number of hydrogen-bond donors (Lipinski definition) is 0. The summed E-state index contributed by atoms with van der Waals surface area (Å²) in [6, 6.07) is 13.8. The number of thiophene rings is 1. The Morgan fingerprint density at radius 1 is 1.27 bits per heavy atom. The van der Waals surface area contributed by atoms with Gasteiger partial charge in [-0.15, -0.1) is 11.3 Å². The molecule has 2 aromatic heterocycles. The lowest BCUT2D eigenvalue weighted by atomic mass is 10.2. The number of aryl methyl sites for hydroxylation is 1. The van der Waals surface area contributed by atoms with Gasteiger partial charge in [0.05, 0.1) is 20.1 Å². The van der Waals surface area contributed by atoms with Gasteiger partial charge in [0, 0.05) is 18.8 Å². The first kappa shape index (κ1) is 15.5. The maximum absolute atomic E-state index is 12.2. The predicted molar refractivity (Wildman–Crippen MR) is 95.7 cm³/mol. The Bertz CT molecular complexity index is 796. The maximum Gasteiger partial charge on any atom is 0.183 e. The average Bonchev–Trinajstić information content (AvgIpc) is 3.12. The Balaban J connectivity index is 1.71. The summed E-state index contributed by atoms with van der Waals surface area (Å²) in [6.45, 7) is 0. The van der Waals surface area contributed by atoms with E-state index in [1.807, 2.05) is 60.3 Å². The first-order chi connectivity index (χ1) is 10.6. The van der Waals surface area contributed by atoms with Crippen molar-refractivity contribution in [3.63, 3.8) is 0 Å². The highest BCUT2D eigenvalue weighted by Gasteiger charge is 2.13. The normalized spacial score (nSPS) is 10.8. The summed E-state index contributed by atoms with van der Waals surface area (Å²) in [5.74, 6) is 0.524. The minimum absolute atomic E-state index is 0.130. The SMILES string of the molecule is Cn1cc(-c2ccccc2)nc1SCC(=O)c1ccc(Br)s1. The molecule has 0 aliphatic carbocycles. The van der Waals surface area contributed by atoms with Crippen LogP contribution >= 0.6 is 39.0 Å². The zero-order chi connectivity index (χ0) is 15.5. The minimum atomic E-state index is 0.130. The lowest BCUT2D eigenvalue weighted by molar-refractivity contribution is 0.102. The average molecular weight is 393 g/mol. The largest absolute Gasteiger partial charge is 0.328 e. The Labute approximate surface area is 145 Å². The number of carbonyl (C=O) groups is 1. The van der Waals surface area contributed by atoms with Crippen molar-refractivity contribution in [3.8, 4) is 11.3 Å². The predicted octanol–water partition coefficient (Wildman–Crippen LogP) is 4.89. The maximum atomic E-state index is 12.2. The molecular formula is C16H13BrN2OS2. The first-order valence-electron chi connectivity index (χ1n) is 6.63. The van der Waals surface area contributed by atoms with E-state index in [1.165, 1.54) is 23.1 Å². The van der Waals surface area contributed by atoms with Crippen LogP contribution < -0.4 is 0 Å². The van der Waals surface area contributed by atoms with E-state index < -0.39 is 0 Å². The number of ketones is 1. The van der Waals surface area contributed by atoms with Gasteiger partial charge in [0.1, 0.15) is 0 Å². The Hall–Kier alpha value is -1.37. The molecule has 0 atom stereocenters. The molecule has 3 rings (SSSR count). The van der Waals surface area contributed by atoms with Crippen LogP contribution in [0.25, 0.3) is 11.3 Å². The summed E-state index contributed by atoms with van der Waals surface area (Å²) >= 11 is 6.31. The molecule has 0 aliphatic heterocycles. The van der Waals surface area contributed by atoms with Gasteiger partial charge in [0.2, 0.25) is 0 Å². The van der Waals surface area contributed by atoms with Crippen LogP contribution in [0.5, 0.6) is 0 Å². The molecule has 0 saturated carbocycles. The molecule has 0 saturated heterocycles. The van der Waals surface area contributed by atoms with Crippen LogP contribution in [0.2, 0.25) is 0 Å². The second kappa shape index (κ2) is 6.81. The summed E-state index contributed by atoms with van der Waals surface area (Å²) in [4.78, 5) is 17.5. The summed E-state index contributed by atoms with van der Waals surface area (Å²) in [5, 5.41) is 0.850. The number of hydrogen-bond acceptors (Lipinski definition) is 4. The van der Waals surface area contributed by atoms with E-state index in [0.717, 1.165) is 25.1 Å². The number of halogens is 1. The molecule has 0 bridgehead atoms. The van der Waals surface area contributed by atoms with E-state index >= 15 is 0 Å². The molecule has 0 unspecified atom stereocenters. The van der Waals surface area contributed by atoms with Crippen molar-refractivity contribution in [1.82, 2.24) is 9.55 Å². The number of aromatic nitrogens is 2. The molecule has 6 heteroatoms. The van der Waals surface area contributed by atoms with E-state index in [9.17, 15) is 4.79 Å². The molecule has 0 radical (unpaired) electrons. The van der Waals surface area contributed by atoms with Crippen LogP contribution in [0, 0.1) is 0 Å². The fourth-order valence-corrected chi connectivity index (χ4v) is 4.25. The van der Waals surface area contributed by atoms with Crippen molar-refractivity contribution in [2.75, 3.05) is 5.75 Å². The van der Waals surface area contributed by atoms with Crippen LogP contribution in [-0.4, -0.2) is 21.1 Å². The van der Waals surface area contributed by atoms with Gasteiger partial charge in [-0.3, -0.25) is 4.79 Å². The summed E-state index contributed by atoms with van der Waals surface area (Å²) in [6.07, 6.45) is 1.99. The molecule has 0 fully saturated rings. The smallest absolute Gasteiger partial charge is 0.183 e. The van der Waals surface area contributed by atoms with Crippen molar-refractivity contribution < 1.29 is 4.79 Å². The fourth-order valence-electron chi connectivity index (χ4n) is 2.00. The number of carbonyl (C=O) groups excluding carboxylic acids is 1. The first-order valence-corrected chi connectivity index (χ1v) is 9.23. The molecule has 0 N–H and O–H groups in total. The number of rotatable bonds is 5. The van der Waals surface area contributed by atoms with E-state index in [4.69, 9.17) is 0 Å². The zero-order valence-corrected chi connectivity index (χ0v) is 15.0. The molecule has 22 heavy (non-hydrogen) atoms. The molecule has 0 spiro atoms. The highest BCUT2D eigenvalue weighted by molar-refractivity contribution is 9.11.